The number of benzene rings is 2. The SMILES string of the molecule is O=C(O)c1cc(Oc2ccc(C(F)(F)F)cc2Cl)ccc1O. The molecule has 0 spiro atoms. The van der Waals surface area contributed by atoms with Crippen LogP contribution in [-0.4, -0.2) is 16.2 Å². The molecule has 4 nitrogen and oxygen atoms in total. The first-order chi connectivity index (χ1) is 10.2. The van der Waals surface area contributed by atoms with Gasteiger partial charge in [0.2, 0.25) is 0 Å². The number of ether oxygens (including phenoxy) is 1. The van der Waals surface area contributed by atoms with E-state index < -0.39 is 29.0 Å². The molecule has 0 heterocycles. The van der Waals surface area contributed by atoms with Crippen molar-refractivity contribution in [3.8, 4) is 17.2 Å². The average Bonchev–Trinajstić information content (AvgIpc) is 2.41. The van der Waals surface area contributed by atoms with Crippen LogP contribution in [0.5, 0.6) is 17.2 Å². The van der Waals surface area contributed by atoms with Crippen LogP contribution in [0.3, 0.4) is 0 Å². The Bertz CT molecular complexity index is 729. The van der Waals surface area contributed by atoms with Crippen LogP contribution in [0.1, 0.15) is 15.9 Å². The van der Waals surface area contributed by atoms with E-state index in [1.807, 2.05) is 0 Å². The van der Waals surface area contributed by atoms with Gasteiger partial charge in [-0.1, -0.05) is 11.6 Å². The van der Waals surface area contributed by atoms with Crippen LogP contribution in [0.15, 0.2) is 36.4 Å². The van der Waals surface area contributed by atoms with Gasteiger partial charge in [0.25, 0.3) is 0 Å². The highest BCUT2D eigenvalue weighted by Crippen LogP contribution is 2.37. The van der Waals surface area contributed by atoms with Crippen molar-refractivity contribution in [3.05, 3.63) is 52.5 Å². The van der Waals surface area contributed by atoms with Gasteiger partial charge in [-0.2, -0.15) is 13.2 Å². The third-order valence-electron chi connectivity index (χ3n) is 2.69. The fourth-order valence-corrected chi connectivity index (χ4v) is 1.86. The summed E-state index contributed by atoms with van der Waals surface area (Å²) in [5, 5.41) is 18.0. The Morgan fingerprint density at radius 1 is 1.14 bits per heavy atom. The minimum atomic E-state index is -4.53. The number of hydrogen-bond donors (Lipinski definition) is 2. The second-order valence-electron chi connectivity index (χ2n) is 4.23. The number of halogens is 4. The van der Waals surface area contributed by atoms with Crippen molar-refractivity contribution in [2.24, 2.45) is 0 Å². The Labute approximate surface area is 127 Å². The number of aromatic carboxylic acids is 1. The molecule has 8 heteroatoms. The summed E-state index contributed by atoms with van der Waals surface area (Å²) >= 11 is 5.73. The molecule has 2 rings (SSSR count). The fourth-order valence-electron chi connectivity index (χ4n) is 1.64. The van der Waals surface area contributed by atoms with Crippen molar-refractivity contribution in [1.82, 2.24) is 0 Å². The van der Waals surface area contributed by atoms with E-state index in [1.165, 1.54) is 6.07 Å². The van der Waals surface area contributed by atoms with Crippen LogP contribution < -0.4 is 4.74 Å². The van der Waals surface area contributed by atoms with Gasteiger partial charge < -0.3 is 14.9 Å². The van der Waals surface area contributed by atoms with Gasteiger partial charge in [-0.3, -0.25) is 0 Å². The van der Waals surface area contributed by atoms with Gasteiger partial charge in [-0.25, -0.2) is 4.79 Å². The summed E-state index contributed by atoms with van der Waals surface area (Å²) in [6, 6.07) is 5.91. The topological polar surface area (TPSA) is 66.8 Å². The van der Waals surface area contributed by atoms with Crippen LogP contribution in [-0.2, 0) is 6.18 Å². The summed E-state index contributed by atoms with van der Waals surface area (Å²) in [7, 11) is 0. The zero-order valence-corrected chi connectivity index (χ0v) is 11.4. The molecule has 0 atom stereocenters. The molecule has 22 heavy (non-hydrogen) atoms. The largest absolute Gasteiger partial charge is 0.507 e. The highest BCUT2D eigenvalue weighted by atomic mass is 35.5. The van der Waals surface area contributed by atoms with Crippen molar-refractivity contribution in [3.63, 3.8) is 0 Å². The first-order valence-electron chi connectivity index (χ1n) is 5.79. The lowest BCUT2D eigenvalue weighted by Gasteiger charge is -2.11. The van der Waals surface area contributed by atoms with E-state index in [-0.39, 0.29) is 16.5 Å². The van der Waals surface area contributed by atoms with Crippen LogP contribution >= 0.6 is 11.6 Å². The molecule has 0 aromatic heterocycles. The summed E-state index contributed by atoms with van der Waals surface area (Å²) in [6.45, 7) is 0. The van der Waals surface area contributed by atoms with Crippen molar-refractivity contribution < 1.29 is 32.9 Å². The Balaban J connectivity index is 2.32. The molecule has 2 aromatic rings. The second-order valence-corrected chi connectivity index (χ2v) is 4.64. The maximum absolute atomic E-state index is 12.5. The maximum atomic E-state index is 12.5. The number of hydrogen-bond acceptors (Lipinski definition) is 3. The van der Waals surface area contributed by atoms with E-state index in [9.17, 15) is 23.1 Å². The molecule has 2 N–H and O–H groups in total. The second kappa shape index (κ2) is 5.76. The molecule has 116 valence electrons. The van der Waals surface area contributed by atoms with E-state index in [4.69, 9.17) is 21.4 Å². The zero-order chi connectivity index (χ0) is 16.5. The summed E-state index contributed by atoms with van der Waals surface area (Å²) in [6.07, 6.45) is -4.53. The zero-order valence-electron chi connectivity index (χ0n) is 10.7. The lowest BCUT2D eigenvalue weighted by atomic mass is 10.2. The predicted octanol–water partition coefficient (Wildman–Crippen LogP) is 4.55. The lowest BCUT2D eigenvalue weighted by Crippen LogP contribution is -2.04. The molecule has 2 aromatic carbocycles. The van der Waals surface area contributed by atoms with Gasteiger partial charge in [-0.15, -0.1) is 0 Å². The molecule has 0 saturated heterocycles. The van der Waals surface area contributed by atoms with E-state index in [1.54, 1.807) is 0 Å². The number of alkyl halides is 3. The molecule has 0 amide bonds. The predicted molar refractivity (Wildman–Crippen MR) is 71.6 cm³/mol. The molecule has 0 bridgehead atoms. The van der Waals surface area contributed by atoms with Crippen molar-refractivity contribution >= 4 is 17.6 Å². The number of rotatable bonds is 3. The monoisotopic (exact) mass is 332 g/mol. The Kier molecular flexibility index (Phi) is 4.18. The van der Waals surface area contributed by atoms with Crippen LogP contribution in [0.4, 0.5) is 13.2 Å². The van der Waals surface area contributed by atoms with E-state index >= 15 is 0 Å². The highest BCUT2D eigenvalue weighted by molar-refractivity contribution is 6.32. The van der Waals surface area contributed by atoms with Gasteiger partial charge in [0, 0.05) is 0 Å². The average molecular weight is 333 g/mol. The molecule has 0 aliphatic heterocycles. The van der Waals surface area contributed by atoms with Gasteiger partial charge in [0.1, 0.15) is 22.8 Å². The molecule has 0 radical (unpaired) electrons. The third-order valence-corrected chi connectivity index (χ3v) is 2.98. The third kappa shape index (κ3) is 3.43. The number of carbonyl (C=O) groups is 1. The van der Waals surface area contributed by atoms with E-state index in [2.05, 4.69) is 0 Å². The van der Waals surface area contributed by atoms with Gasteiger partial charge in [0.15, 0.2) is 0 Å². The smallest absolute Gasteiger partial charge is 0.416 e. The molecule has 0 aliphatic carbocycles. The molecule has 0 saturated carbocycles. The minimum absolute atomic E-state index is 0.0110. The number of carboxylic acid groups (broad SMARTS) is 1. The fraction of sp³-hybridized carbons (Fsp3) is 0.0714. The number of phenols is 1. The Morgan fingerprint density at radius 3 is 2.36 bits per heavy atom. The first-order valence-corrected chi connectivity index (χ1v) is 6.17. The molecule has 0 aliphatic rings. The Morgan fingerprint density at radius 2 is 1.82 bits per heavy atom. The molecular formula is C14H8ClF3O4. The van der Waals surface area contributed by atoms with Gasteiger partial charge in [-0.05, 0) is 36.4 Å². The number of carboxylic acids is 1. The van der Waals surface area contributed by atoms with Crippen molar-refractivity contribution in [2.75, 3.05) is 0 Å². The molecule has 0 unspecified atom stereocenters. The summed E-state index contributed by atoms with van der Waals surface area (Å²) in [5.41, 5.74) is -1.33. The lowest BCUT2D eigenvalue weighted by molar-refractivity contribution is -0.137. The highest BCUT2D eigenvalue weighted by Gasteiger charge is 2.31. The normalized spacial score (nSPS) is 11.3. The van der Waals surface area contributed by atoms with Crippen molar-refractivity contribution in [1.29, 1.82) is 0 Å². The van der Waals surface area contributed by atoms with E-state index in [0.29, 0.717) is 6.07 Å². The standard InChI is InChI=1S/C14H8ClF3O4/c15-10-5-7(14(16,17)18)1-4-12(10)22-8-2-3-11(19)9(6-8)13(20)21/h1-6,19H,(H,20,21). The van der Waals surface area contributed by atoms with Crippen LogP contribution in [0.25, 0.3) is 0 Å². The summed E-state index contributed by atoms with van der Waals surface area (Å²) in [4.78, 5) is 10.9. The summed E-state index contributed by atoms with van der Waals surface area (Å²) < 4.78 is 42.8. The maximum Gasteiger partial charge on any atom is 0.416 e. The summed E-state index contributed by atoms with van der Waals surface area (Å²) in [5.74, 6) is -1.90. The molecular weight excluding hydrogens is 325 g/mol. The van der Waals surface area contributed by atoms with Crippen LogP contribution in [0, 0.1) is 0 Å². The Hall–Kier alpha value is -2.41. The van der Waals surface area contributed by atoms with Gasteiger partial charge in [0.05, 0.1) is 10.6 Å². The minimum Gasteiger partial charge on any atom is -0.507 e. The van der Waals surface area contributed by atoms with Crippen molar-refractivity contribution in [2.45, 2.75) is 6.18 Å². The first kappa shape index (κ1) is 16.0. The molecule has 0 fully saturated rings. The van der Waals surface area contributed by atoms with Crippen LogP contribution in [0.2, 0.25) is 5.02 Å². The quantitative estimate of drug-likeness (QED) is 0.865. The van der Waals surface area contributed by atoms with Gasteiger partial charge >= 0.3 is 12.1 Å². The van der Waals surface area contributed by atoms with E-state index in [0.717, 1.165) is 24.3 Å². The number of aromatic hydroxyl groups is 1.